The molecule has 1 fully saturated rings. The maximum Gasteiger partial charge on any atom is 0.160 e. The number of ketones is 1. The fourth-order valence-electron chi connectivity index (χ4n) is 2.54. The number of carbonyl (C=O) groups is 1. The van der Waals surface area contributed by atoms with Gasteiger partial charge in [-0.15, -0.1) is 0 Å². The lowest BCUT2D eigenvalue weighted by Gasteiger charge is -2.09. The Bertz CT molecular complexity index is 508. The van der Waals surface area contributed by atoms with Gasteiger partial charge in [-0.25, -0.2) is 0 Å². The number of hydrogen-bond donors (Lipinski definition) is 0. The number of halogens is 1. The number of carbonyl (C=O) groups excluding carboxylic acids is 1. The monoisotopic (exact) mass is 320 g/mol. The molecule has 1 aliphatic rings. The first-order valence-electron chi connectivity index (χ1n) is 8.48. The molecule has 0 saturated heterocycles. The minimum Gasteiger partial charge on any atom is -0.295 e. The van der Waals surface area contributed by atoms with E-state index >= 15 is 0 Å². The Morgan fingerprint density at radius 2 is 1.82 bits per heavy atom. The Balaban J connectivity index is 0.000000541. The highest BCUT2D eigenvalue weighted by molar-refractivity contribution is 6.32. The smallest absolute Gasteiger partial charge is 0.160 e. The summed E-state index contributed by atoms with van der Waals surface area (Å²) in [4.78, 5) is 11.8. The molecule has 0 N–H and O–H groups in total. The molecule has 0 aromatic heterocycles. The van der Waals surface area contributed by atoms with E-state index in [1.165, 1.54) is 38.5 Å². The van der Waals surface area contributed by atoms with E-state index in [4.69, 9.17) is 11.6 Å². The second-order valence-electron chi connectivity index (χ2n) is 6.15. The quantitative estimate of drug-likeness (QED) is 0.570. The number of unbranched alkanes of at least 4 members (excludes halogenated alkanes) is 1. The number of benzene rings is 1. The maximum atomic E-state index is 11.8. The summed E-state index contributed by atoms with van der Waals surface area (Å²) in [5, 5.41) is 0.728. The van der Waals surface area contributed by atoms with Crippen LogP contribution < -0.4 is 0 Å². The van der Waals surface area contributed by atoms with E-state index in [2.05, 4.69) is 19.9 Å². The van der Waals surface area contributed by atoms with Crippen molar-refractivity contribution in [3.63, 3.8) is 0 Å². The number of allylic oxidation sites excluding steroid dienone is 2. The third-order valence-electron chi connectivity index (χ3n) is 4.16. The summed E-state index contributed by atoms with van der Waals surface area (Å²) >= 11 is 6.14. The van der Waals surface area contributed by atoms with Gasteiger partial charge >= 0.3 is 0 Å². The molecule has 1 saturated carbocycles. The van der Waals surface area contributed by atoms with E-state index in [9.17, 15) is 4.79 Å². The summed E-state index contributed by atoms with van der Waals surface area (Å²) in [6.45, 7) is 7.97. The van der Waals surface area contributed by atoms with Crippen LogP contribution in [0.25, 0.3) is 5.57 Å². The second kappa shape index (κ2) is 9.84. The zero-order chi connectivity index (χ0) is 16.5. The first-order chi connectivity index (χ1) is 10.5. The first kappa shape index (κ1) is 19.0. The molecule has 1 nitrogen and oxygen atoms in total. The van der Waals surface area contributed by atoms with Gasteiger partial charge in [0.1, 0.15) is 0 Å². The van der Waals surface area contributed by atoms with Gasteiger partial charge in [0.25, 0.3) is 0 Å². The summed E-state index contributed by atoms with van der Waals surface area (Å²) in [5.74, 6) is 0.686. The van der Waals surface area contributed by atoms with Crippen molar-refractivity contribution in [3.8, 4) is 0 Å². The molecule has 0 atom stereocenters. The summed E-state index contributed by atoms with van der Waals surface area (Å²) in [7, 11) is 0. The van der Waals surface area contributed by atoms with Crippen LogP contribution in [-0.2, 0) is 4.79 Å². The van der Waals surface area contributed by atoms with Crippen LogP contribution >= 0.6 is 11.6 Å². The average molecular weight is 321 g/mol. The van der Waals surface area contributed by atoms with Gasteiger partial charge in [0.15, 0.2) is 5.78 Å². The standard InChI is InChI=1S/C16H19ClO.C4H10/c1-11-7-8-14(10-16(11)17)15(12(2)18)9-13-5-3-4-6-13;1-3-4-2/h7-10,13H,3-6H2,1-2H3;3-4H2,1-2H3/b15-9+;. The lowest BCUT2D eigenvalue weighted by Crippen LogP contribution is -2.00. The summed E-state index contributed by atoms with van der Waals surface area (Å²) in [5.41, 5.74) is 2.82. The summed E-state index contributed by atoms with van der Waals surface area (Å²) in [6, 6.07) is 5.87. The molecular weight excluding hydrogens is 292 g/mol. The van der Waals surface area contributed by atoms with Crippen molar-refractivity contribution in [3.05, 3.63) is 40.4 Å². The maximum absolute atomic E-state index is 11.8. The highest BCUT2D eigenvalue weighted by Crippen LogP contribution is 2.30. The van der Waals surface area contributed by atoms with Gasteiger partial charge in [-0.05, 0) is 49.8 Å². The van der Waals surface area contributed by atoms with Crippen molar-refractivity contribution < 1.29 is 4.79 Å². The fraction of sp³-hybridized carbons (Fsp3) is 0.550. The molecule has 0 heterocycles. The van der Waals surface area contributed by atoms with Crippen molar-refractivity contribution in [1.82, 2.24) is 0 Å². The van der Waals surface area contributed by atoms with Crippen LogP contribution in [-0.4, -0.2) is 5.78 Å². The lowest BCUT2D eigenvalue weighted by molar-refractivity contribution is -0.111. The lowest BCUT2D eigenvalue weighted by atomic mass is 9.96. The average Bonchev–Trinajstić information content (AvgIpc) is 3.01. The zero-order valence-corrected chi connectivity index (χ0v) is 15.2. The van der Waals surface area contributed by atoms with Crippen LogP contribution in [0.2, 0.25) is 5.02 Å². The minimum atomic E-state index is 0.127. The molecule has 1 aromatic rings. The van der Waals surface area contributed by atoms with Crippen LogP contribution in [0.5, 0.6) is 0 Å². The normalized spacial score (nSPS) is 15.4. The predicted molar refractivity (Wildman–Crippen MR) is 97.4 cm³/mol. The third kappa shape index (κ3) is 5.96. The highest BCUT2D eigenvalue weighted by Gasteiger charge is 2.16. The predicted octanol–water partition coefficient (Wildman–Crippen LogP) is 6.62. The van der Waals surface area contributed by atoms with Crippen LogP contribution in [0, 0.1) is 12.8 Å². The van der Waals surface area contributed by atoms with Gasteiger partial charge in [0, 0.05) is 10.6 Å². The second-order valence-corrected chi connectivity index (χ2v) is 6.55. The Morgan fingerprint density at radius 3 is 2.27 bits per heavy atom. The number of Topliss-reactive ketones (excluding diaryl/α,β-unsaturated/α-hetero) is 1. The van der Waals surface area contributed by atoms with E-state index in [1.54, 1.807) is 6.92 Å². The molecular formula is C20H29ClO. The van der Waals surface area contributed by atoms with Crippen molar-refractivity contribution >= 4 is 23.0 Å². The molecule has 22 heavy (non-hydrogen) atoms. The zero-order valence-electron chi connectivity index (χ0n) is 14.4. The molecule has 122 valence electrons. The van der Waals surface area contributed by atoms with E-state index < -0.39 is 0 Å². The molecule has 0 bridgehead atoms. The topological polar surface area (TPSA) is 17.1 Å². The minimum absolute atomic E-state index is 0.127. The molecule has 1 aliphatic carbocycles. The Labute approximate surface area is 140 Å². The van der Waals surface area contributed by atoms with E-state index in [1.807, 2.05) is 25.1 Å². The molecule has 0 amide bonds. The number of aryl methyl sites for hydroxylation is 1. The summed E-state index contributed by atoms with van der Waals surface area (Å²) in [6.07, 6.45) is 9.76. The van der Waals surface area contributed by atoms with Crippen molar-refractivity contribution in [2.45, 2.75) is 66.2 Å². The Kier molecular flexibility index (Phi) is 8.48. The van der Waals surface area contributed by atoms with Gasteiger partial charge in [0.2, 0.25) is 0 Å². The molecule has 2 rings (SSSR count). The number of hydrogen-bond acceptors (Lipinski definition) is 1. The van der Waals surface area contributed by atoms with Gasteiger partial charge in [0.05, 0.1) is 0 Å². The fourth-order valence-corrected chi connectivity index (χ4v) is 2.72. The van der Waals surface area contributed by atoms with Gasteiger partial charge in [-0.2, -0.15) is 0 Å². The third-order valence-corrected chi connectivity index (χ3v) is 4.57. The Morgan fingerprint density at radius 1 is 1.23 bits per heavy atom. The van der Waals surface area contributed by atoms with Gasteiger partial charge < -0.3 is 0 Å². The van der Waals surface area contributed by atoms with Gasteiger partial charge in [-0.3, -0.25) is 4.79 Å². The van der Waals surface area contributed by atoms with E-state index in [0.29, 0.717) is 5.92 Å². The SMILES string of the molecule is CC(=O)/C(=C\C1CCCC1)c1ccc(C)c(Cl)c1.CCCC. The largest absolute Gasteiger partial charge is 0.295 e. The van der Waals surface area contributed by atoms with Crippen LogP contribution in [0.15, 0.2) is 24.3 Å². The highest BCUT2D eigenvalue weighted by atomic mass is 35.5. The summed E-state index contributed by atoms with van der Waals surface area (Å²) < 4.78 is 0. The Hall–Kier alpha value is -1.08. The van der Waals surface area contributed by atoms with Crippen LogP contribution in [0.3, 0.4) is 0 Å². The van der Waals surface area contributed by atoms with Crippen LogP contribution in [0.1, 0.15) is 70.4 Å². The molecule has 1 aromatic carbocycles. The molecule has 0 radical (unpaired) electrons. The molecule has 0 unspecified atom stereocenters. The number of rotatable bonds is 4. The van der Waals surface area contributed by atoms with Crippen molar-refractivity contribution in [2.75, 3.05) is 0 Å². The van der Waals surface area contributed by atoms with Crippen LogP contribution in [0.4, 0.5) is 0 Å². The first-order valence-corrected chi connectivity index (χ1v) is 8.86. The van der Waals surface area contributed by atoms with Crippen molar-refractivity contribution in [1.29, 1.82) is 0 Å². The molecule has 2 heteroatoms. The molecule has 0 aliphatic heterocycles. The van der Waals surface area contributed by atoms with Gasteiger partial charge in [-0.1, -0.05) is 69.3 Å². The van der Waals surface area contributed by atoms with E-state index in [0.717, 1.165) is 21.7 Å². The molecule has 0 spiro atoms. The van der Waals surface area contributed by atoms with Crippen molar-refractivity contribution in [2.24, 2.45) is 5.92 Å². The van der Waals surface area contributed by atoms with E-state index in [-0.39, 0.29) is 5.78 Å².